The van der Waals surface area contributed by atoms with Crippen LogP contribution in [0.2, 0.25) is 0 Å². The molecular formula is C14H17NO4. The van der Waals surface area contributed by atoms with Gasteiger partial charge in [0, 0.05) is 17.5 Å². The highest BCUT2D eigenvalue weighted by Crippen LogP contribution is 2.29. The average Bonchev–Trinajstić information content (AvgIpc) is 2.82. The predicted octanol–water partition coefficient (Wildman–Crippen LogP) is 2.73. The van der Waals surface area contributed by atoms with E-state index < -0.39 is 6.09 Å². The molecule has 0 bridgehead atoms. The van der Waals surface area contributed by atoms with Crippen molar-refractivity contribution in [2.75, 3.05) is 20.3 Å². The second-order valence-corrected chi connectivity index (χ2v) is 4.00. The van der Waals surface area contributed by atoms with Crippen molar-refractivity contribution in [3.8, 4) is 5.75 Å². The van der Waals surface area contributed by atoms with Crippen LogP contribution in [0.5, 0.6) is 5.75 Å². The summed E-state index contributed by atoms with van der Waals surface area (Å²) >= 11 is 0. The topological polar surface area (TPSA) is 60.7 Å². The Labute approximate surface area is 111 Å². The summed E-state index contributed by atoms with van der Waals surface area (Å²) in [5, 5.41) is 3.69. The van der Waals surface area contributed by atoms with Gasteiger partial charge in [-0.3, -0.25) is 0 Å². The number of carbonyl (C=O) groups excluding carboxylic acids is 1. The van der Waals surface area contributed by atoms with Crippen molar-refractivity contribution < 1.29 is 18.7 Å². The van der Waals surface area contributed by atoms with Crippen molar-refractivity contribution in [3.05, 3.63) is 30.0 Å². The van der Waals surface area contributed by atoms with E-state index in [0.29, 0.717) is 25.3 Å². The fourth-order valence-electron chi connectivity index (χ4n) is 1.92. The van der Waals surface area contributed by atoms with Crippen LogP contribution in [-0.2, 0) is 11.2 Å². The number of hydrogen-bond acceptors (Lipinski definition) is 4. The summed E-state index contributed by atoms with van der Waals surface area (Å²) in [7, 11) is 1.61. The molecular weight excluding hydrogens is 246 g/mol. The molecule has 102 valence electrons. The molecule has 0 fully saturated rings. The van der Waals surface area contributed by atoms with E-state index in [0.717, 1.165) is 16.5 Å². The number of benzene rings is 1. The number of furan rings is 1. The van der Waals surface area contributed by atoms with Crippen molar-refractivity contribution in [3.63, 3.8) is 0 Å². The van der Waals surface area contributed by atoms with Gasteiger partial charge in [0.05, 0.1) is 20.0 Å². The summed E-state index contributed by atoms with van der Waals surface area (Å²) in [6.45, 7) is 2.65. The van der Waals surface area contributed by atoms with E-state index in [4.69, 9.17) is 13.9 Å². The van der Waals surface area contributed by atoms with Crippen LogP contribution in [0.1, 0.15) is 12.5 Å². The molecule has 0 aliphatic heterocycles. The van der Waals surface area contributed by atoms with Gasteiger partial charge in [-0.25, -0.2) is 4.79 Å². The number of carbonyl (C=O) groups is 1. The van der Waals surface area contributed by atoms with Gasteiger partial charge >= 0.3 is 6.09 Å². The first-order valence-corrected chi connectivity index (χ1v) is 6.20. The van der Waals surface area contributed by atoms with Gasteiger partial charge in [0.15, 0.2) is 11.3 Å². The first-order chi connectivity index (χ1) is 9.26. The van der Waals surface area contributed by atoms with Crippen molar-refractivity contribution in [2.45, 2.75) is 13.3 Å². The standard InChI is InChI=1S/C14H17NO4/c1-3-18-14(16)15-8-7-10-9-19-13-11(10)5-4-6-12(13)17-2/h4-6,9H,3,7-8H2,1-2H3,(H,15,16). The second kappa shape index (κ2) is 6.13. The Morgan fingerprint density at radius 1 is 1.42 bits per heavy atom. The number of hydrogen-bond donors (Lipinski definition) is 1. The fourth-order valence-corrected chi connectivity index (χ4v) is 1.92. The van der Waals surface area contributed by atoms with Crippen LogP contribution < -0.4 is 10.1 Å². The molecule has 19 heavy (non-hydrogen) atoms. The number of fused-ring (bicyclic) bond motifs is 1. The lowest BCUT2D eigenvalue weighted by molar-refractivity contribution is 0.152. The summed E-state index contributed by atoms with van der Waals surface area (Å²) < 4.78 is 15.5. The van der Waals surface area contributed by atoms with Gasteiger partial charge in [-0.1, -0.05) is 12.1 Å². The zero-order valence-electron chi connectivity index (χ0n) is 11.1. The third-order valence-corrected chi connectivity index (χ3v) is 2.80. The summed E-state index contributed by atoms with van der Waals surface area (Å²) in [6.07, 6.45) is 1.98. The first kappa shape index (κ1) is 13.3. The van der Waals surface area contributed by atoms with Gasteiger partial charge in [-0.2, -0.15) is 0 Å². The maximum absolute atomic E-state index is 11.2. The largest absolute Gasteiger partial charge is 0.493 e. The van der Waals surface area contributed by atoms with E-state index in [2.05, 4.69) is 5.32 Å². The number of alkyl carbamates (subject to hydrolysis) is 1. The van der Waals surface area contributed by atoms with Gasteiger partial charge in [0.2, 0.25) is 0 Å². The Morgan fingerprint density at radius 2 is 2.26 bits per heavy atom. The molecule has 0 spiro atoms. The monoisotopic (exact) mass is 263 g/mol. The highest BCUT2D eigenvalue weighted by atomic mass is 16.5. The second-order valence-electron chi connectivity index (χ2n) is 4.00. The minimum absolute atomic E-state index is 0.373. The summed E-state index contributed by atoms with van der Waals surface area (Å²) in [5.41, 5.74) is 1.77. The van der Waals surface area contributed by atoms with Crippen molar-refractivity contribution >= 4 is 17.1 Å². The molecule has 0 aliphatic carbocycles. The maximum atomic E-state index is 11.2. The van der Waals surface area contributed by atoms with E-state index in [1.807, 2.05) is 18.2 Å². The van der Waals surface area contributed by atoms with Gasteiger partial charge in [0.25, 0.3) is 0 Å². The molecule has 1 aromatic heterocycles. The Balaban J connectivity index is 2.03. The number of para-hydroxylation sites is 1. The molecule has 2 aromatic rings. The molecule has 0 atom stereocenters. The molecule has 0 saturated carbocycles. The molecule has 1 heterocycles. The van der Waals surface area contributed by atoms with Crippen LogP contribution >= 0.6 is 0 Å². The van der Waals surface area contributed by atoms with Crippen molar-refractivity contribution in [1.29, 1.82) is 0 Å². The Kier molecular flexibility index (Phi) is 4.28. The van der Waals surface area contributed by atoms with Crippen LogP contribution in [0.15, 0.2) is 28.9 Å². The summed E-state index contributed by atoms with van der Waals surface area (Å²) in [6, 6.07) is 5.74. The quantitative estimate of drug-likeness (QED) is 0.901. The lowest BCUT2D eigenvalue weighted by Crippen LogP contribution is -2.26. The molecule has 0 unspecified atom stereocenters. The molecule has 5 heteroatoms. The molecule has 1 N–H and O–H groups in total. The SMILES string of the molecule is CCOC(=O)NCCc1coc2c(OC)cccc12. The van der Waals surface area contributed by atoms with Gasteiger partial charge in [-0.15, -0.1) is 0 Å². The Bertz CT molecular complexity index is 562. The van der Waals surface area contributed by atoms with E-state index in [9.17, 15) is 4.79 Å². The summed E-state index contributed by atoms with van der Waals surface area (Å²) in [5.74, 6) is 0.710. The highest BCUT2D eigenvalue weighted by molar-refractivity contribution is 5.86. The molecule has 5 nitrogen and oxygen atoms in total. The van der Waals surface area contributed by atoms with E-state index in [-0.39, 0.29) is 0 Å². The number of amides is 1. The fraction of sp³-hybridized carbons (Fsp3) is 0.357. The zero-order valence-corrected chi connectivity index (χ0v) is 11.1. The molecule has 2 rings (SSSR count). The average molecular weight is 263 g/mol. The van der Waals surface area contributed by atoms with Crippen molar-refractivity contribution in [1.82, 2.24) is 5.32 Å². The minimum Gasteiger partial charge on any atom is -0.493 e. The summed E-state index contributed by atoms with van der Waals surface area (Å²) in [4.78, 5) is 11.2. The lowest BCUT2D eigenvalue weighted by Gasteiger charge is -2.04. The van der Waals surface area contributed by atoms with Gasteiger partial charge < -0.3 is 19.2 Å². The van der Waals surface area contributed by atoms with Gasteiger partial charge in [-0.05, 0) is 19.4 Å². The lowest BCUT2D eigenvalue weighted by atomic mass is 10.1. The van der Waals surface area contributed by atoms with E-state index >= 15 is 0 Å². The molecule has 1 aromatic carbocycles. The first-order valence-electron chi connectivity index (χ1n) is 6.20. The van der Waals surface area contributed by atoms with Crippen LogP contribution in [0, 0.1) is 0 Å². The van der Waals surface area contributed by atoms with Crippen LogP contribution in [0.3, 0.4) is 0 Å². The molecule has 1 amide bonds. The third-order valence-electron chi connectivity index (χ3n) is 2.80. The van der Waals surface area contributed by atoms with Crippen LogP contribution in [0.4, 0.5) is 4.79 Å². The minimum atomic E-state index is -0.395. The smallest absolute Gasteiger partial charge is 0.407 e. The normalized spacial score (nSPS) is 10.4. The van der Waals surface area contributed by atoms with Crippen LogP contribution in [0.25, 0.3) is 11.0 Å². The number of ether oxygens (including phenoxy) is 2. The molecule has 0 saturated heterocycles. The Morgan fingerprint density at radius 3 is 3.00 bits per heavy atom. The number of nitrogens with one attached hydrogen (secondary N) is 1. The van der Waals surface area contributed by atoms with Crippen LogP contribution in [-0.4, -0.2) is 26.4 Å². The Hall–Kier alpha value is -2.17. The van der Waals surface area contributed by atoms with E-state index in [1.54, 1.807) is 20.3 Å². The van der Waals surface area contributed by atoms with Crippen molar-refractivity contribution in [2.24, 2.45) is 0 Å². The predicted molar refractivity (Wildman–Crippen MR) is 71.5 cm³/mol. The van der Waals surface area contributed by atoms with Gasteiger partial charge in [0.1, 0.15) is 0 Å². The maximum Gasteiger partial charge on any atom is 0.407 e. The number of methoxy groups -OCH3 is 1. The highest BCUT2D eigenvalue weighted by Gasteiger charge is 2.10. The number of rotatable bonds is 5. The molecule has 0 radical (unpaired) electrons. The zero-order chi connectivity index (χ0) is 13.7. The van der Waals surface area contributed by atoms with E-state index in [1.165, 1.54) is 0 Å². The molecule has 0 aliphatic rings. The third kappa shape index (κ3) is 2.99.